The van der Waals surface area contributed by atoms with Gasteiger partial charge in [-0.05, 0) is 26.4 Å². The van der Waals surface area contributed by atoms with Crippen LogP contribution < -0.4 is 10.6 Å². The number of nitrogens with one attached hydrogen (secondary N) is 2. The molecule has 0 fully saturated rings. The highest BCUT2D eigenvalue weighted by molar-refractivity contribution is 7.09. The summed E-state index contributed by atoms with van der Waals surface area (Å²) < 4.78 is 0. The van der Waals surface area contributed by atoms with E-state index in [1.54, 1.807) is 11.3 Å². The zero-order valence-electron chi connectivity index (χ0n) is 10.6. The maximum absolute atomic E-state index is 11.4. The molecule has 1 rings (SSSR count). The topological polar surface area (TPSA) is 54.0 Å². The van der Waals surface area contributed by atoms with Crippen LogP contribution in [-0.2, 0) is 17.6 Å². The van der Waals surface area contributed by atoms with Gasteiger partial charge in [-0.3, -0.25) is 4.79 Å². The van der Waals surface area contributed by atoms with Gasteiger partial charge in [-0.2, -0.15) is 0 Å². The SMILES string of the molecule is CCc1nc(CCNC(=O)CCCNC)cs1. The summed E-state index contributed by atoms with van der Waals surface area (Å²) in [5.74, 6) is 0.131. The van der Waals surface area contributed by atoms with Gasteiger partial charge in [0, 0.05) is 24.8 Å². The van der Waals surface area contributed by atoms with Gasteiger partial charge in [-0.1, -0.05) is 6.92 Å². The lowest BCUT2D eigenvalue weighted by atomic mass is 10.3. The first kappa shape index (κ1) is 14.1. The first-order valence-electron chi connectivity index (χ1n) is 6.10. The average molecular weight is 255 g/mol. The molecule has 0 atom stereocenters. The molecule has 1 heterocycles. The molecule has 96 valence electrons. The predicted molar refractivity (Wildman–Crippen MR) is 71.4 cm³/mol. The number of thiazole rings is 1. The van der Waals surface area contributed by atoms with Crippen LogP contribution in [0, 0.1) is 0 Å². The zero-order chi connectivity index (χ0) is 12.5. The van der Waals surface area contributed by atoms with E-state index in [1.807, 2.05) is 7.05 Å². The monoisotopic (exact) mass is 255 g/mol. The standard InChI is InChI=1S/C12H21N3OS/c1-3-12-15-10(9-17-12)6-8-14-11(16)5-4-7-13-2/h9,13H,3-8H2,1-2H3,(H,14,16). The normalized spacial score (nSPS) is 10.5. The number of aromatic nitrogens is 1. The summed E-state index contributed by atoms with van der Waals surface area (Å²) in [5, 5.41) is 9.18. The molecule has 0 saturated carbocycles. The third-order valence-electron chi connectivity index (χ3n) is 2.44. The fourth-order valence-electron chi connectivity index (χ4n) is 1.47. The molecule has 0 bridgehead atoms. The molecule has 1 amide bonds. The van der Waals surface area contributed by atoms with Crippen LogP contribution in [0.4, 0.5) is 0 Å². The highest BCUT2D eigenvalue weighted by Gasteiger charge is 2.02. The lowest BCUT2D eigenvalue weighted by molar-refractivity contribution is -0.121. The van der Waals surface area contributed by atoms with Gasteiger partial charge in [0.15, 0.2) is 0 Å². The molecular weight excluding hydrogens is 234 g/mol. The Morgan fingerprint density at radius 1 is 1.47 bits per heavy atom. The summed E-state index contributed by atoms with van der Waals surface area (Å²) in [5.41, 5.74) is 1.09. The van der Waals surface area contributed by atoms with E-state index in [-0.39, 0.29) is 5.91 Å². The van der Waals surface area contributed by atoms with E-state index in [4.69, 9.17) is 0 Å². The molecule has 0 unspecified atom stereocenters. The van der Waals surface area contributed by atoms with Crippen molar-refractivity contribution < 1.29 is 4.79 Å². The van der Waals surface area contributed by atoms with E-state index in [2.05, 4.69) is 27.9 Å². The quantitative estimate of drug-likeness (QED) is 0.690. The Bertz CT molecular complexity index is 338. The molecule has 0 aliphatic heterocycles. The van der Waals surface area contributed by atoms with Crippen molar-refractivity contribution in [1.82, 2.24) is 15.6 Å². The van der Waals surface area contributed by atoms with Crippen LogP contribution in [0.5, 0.6) is 0 Å². The summed E-state index contributed by atoms with van der Waals surface area (Å²) in [7, 11) is 1.89. The summed E-state index contributed by atoms with van der Waals surface area (Å²) in [6, 6.07) is 0. The number of carbonyl (C=O) groups is 1. The van der Waals surface area contributed by atoms with Crippen molar-refractivity contribution in [1.29, 1.82) is 0 Å². The second kappa shape index (κ2) is 8.20. The van der Waals surface area contributed by atoms with Gasteiger partial charge in [-0.15, -0.1) is 11.3 Å². The fraction of sp³-hybridized carbons (Fsp3) is 0.667. The van der Waals surface area contributed by atoms with E-state index in [1.165, 1.54) is 5.01 Å². The predicted octanol–water partition coefficient (Wildman–Crippen LogP) is 1.36. The summed E-state index contributed by atoms with van der Waals surface area (Å²) >= 11 is 1.69. The number of amides is 1. The molecule has 0 aromatic carbocycles. The summed E-state index contributed by atoms with van der Waals surface area (Å²) in [4.78, 5) is 15.9. The van der Waals surface area contributed by atoms with Gasteiger partial charge >= 0.3 is 0 Å². The minimum atomic E-state index is 0.131. The van der Waals surface area contributed by atoms with Crippen molar-refractivity contribution in [2.24, 2.45) is 0 Å². The molecule has 0 saturated heterocycles. The fourth-order valence-corrected chi connectivity index (χ4v) is 2.25. The third kappa shape index (κ3) is 5.79. The molecule has 4 nitrogen and oxygen atoms in total. The number of hydrogen-bond donors (Lipinski definition) is 2. The minimum Gasteiger partial charge on any atom is -0.356 e. The highest BCUT2D eigenvalue weighted by atomic mass is 32.1. The van der Waals surface area contributed by atoms with Crippen molar-refractivity contribution >= 4 is 17.2 Å². The van der Waals surface area contributed by atoms with E-state index >= 15 is 0 Å². The van der Waals surface area contributed by atoms with Crippen LogP contribution in [0.25, 0.3) is 0 Å². The molecule has 17 heavy (non-hydrogen) atoms. The van der Waals surface area contributed by atoms with Crippen molar-refractivity contribution in [3.8, 4) is 0 Å². The van der Waals surface area contributed by atoms with Gasteiger partial charge in [0.1, 0.15) is 0 Å². The Balaban J connectivity index is 2.12. The van der Waals surface area contributed by atoms with Gasteiger partial charge in [-0.25, -0.2) is 4.98 Å². The number of rotatable bonds is 8. The second-order valence-electron chi connectivity index (χ2n) is 3.89. The van der Waals surface area contributed by atoms with Crippen molar-refractivity contribution in [2.45, 2.75) is 32.6 Å². The molecule has 2 N–H and O–H groups in total. The molecular formula is C12H21N3OS. The summed E-state index contributed by atoms with van der Waals surface area (Å²) in [6.07, 6.45) is 3.30. The molecule has 1 aromatic rings. The Kier molecular flexibility index (Phi) is 6.81. The molecule has 0 spiro atoms. The van der Waals surface area contributed by atoms with Crippen molar-refractivity contribution in [3.05, 3.63) is 16.1 Å². The Hall–Kier alpha value is -0.940. The first-order valence-corrected chi connectivity index (χ1v) is 6.98. The van der Waals surface area contributed by atoms with Gasteiger partial charge in [0.05, 0.1) is 10.7 Å². The Labute approximate surface area is 107 Å². The van der Waals surface area contributed by atoms with Crippen LogP contribution in [-0.4, -0.2) is 31.0 Å². The minimum absolute atomic E-state index is 0.131. The Morgan fingerprint density at radius 2 is 2.29 bits per heavy atom. The Morgan fingerprint density at radius 3 is 2.94 bits per heavy atom. The number of hydrogen-bond acceptors (Lipinski definition) is 4. The van der Waals surface area contributed by atoms with E-state index in [0.29, 0.717) is 13.0 Å². The smallest absolute Gasteiger partial charge is 0.220 e. The summed E-state index contributed by atoms with van der Waals surface area (Å²) in [6.45, 7) is 3.68. The lowest BCUT2D eigenvalue weighted by Gasteiger charge is -2.03. The lowest BCUT2D eigenvalue weighted by Crippen LogP contribution is -2.26. The molecule has 0 aliphatic rings. The van der Waals surface area contributed by atoms with Crippen molar-refractivity contribution in [2.75, 3.05) is 20.1 Å². The van der Waals surface area contributed by atoms with Crippen molar-refractivity contribution in [3.63, 3.8) is 0 Å². The maximum atomic E-state index is 11.4. The number of carbonyl (C=O) groups excluding carboxylic acids is 1. The van der Waals surface area contributed by atoms with Crippen LogP contribution in [0.3, 0.4) is 0 Å². The number of nitrogens with zero attached hydrogens (tertiary/aromatic N) is 1. The third-order valence-corrected chi connectivity index (χ3v) is 3.48. The molecule has 0 radical (unpaired) electrons. The van der Waals surface area contributed by atoms with Crippen LogP contribution in [0.15, 0.2) is 5.38 Å². The number of aryl methyl sites for hydroxylation is 1. The molecule has 1 aromatic heterocycles. The molecule has 5 heteroatoms. The van der Waals surface area contributed by atoms with Gasteiger partial charge < -0.3 is 10.6 Å². The van der Waals surface area contributed by atoms with Crippen LogP contribution in [0.2, 0.25) is 0 Å². The van der Waals surface area contributed by atoms with E-state index in [9.17, 15) is 4.79 Å². The molecule has 0 aliphatic carbocycles. The highest BCUT2D eigenvalue weighted by Crippen LogP contribution is 2.10. The average Bonchev–Trinajstić information content (AvgIpc) is 2.77. The van der Waals surface area contributed by atoms with Gasteiger partial charge in [0.25, 0.3) is 0 Å². The van der Waals surface area contributed by atoms with E-state index in [0.717, 1.165) is 31.5 Å². The maximum Gasteiger partial charge on any atom is 0.220 e. The van der Waals surface area contributed by atoms with Crippen LogP contribution in [0.1, 0.15) is 30.5 Å². The zero-order valence-corrected chi connectivity index (χ0v) is 11.4. The largest absolute Gasteiger partial charge is 0.356 e. The second-order valence-corrected chi connectivity index (χ2v) is 4.84. The van der Waals surface area contributed by atoms with Crippen LogP contribution >= 0.6 is 11.3 Å². The van der Waals surface area contributed by atoms with Gasteiger partial charge in [0.2, 0.25) is 5.91 Å². The van der Waals surface area contributed by atoms with E-state index < -0.39 is 0 Å². The first-order chi connectivity index (χ1) is 8.26.